The van der Waals surface area contributed by atoms with E-state index in [0.717, 1.165) is 17.8 Å². The van der Waals surface area contributed by atoms with Gasteiger partial charge in [-0.1, -0.05) is 23.7 Å². The molecule has 1 amide bonds. The molecule has 4 nitrogen and oxygen atoms in total. The number of nitrogens with one attached hydrogen (secondary N) is 2. The fraction of sp³-hybridized carbons (Fsp3) is 0.200. The highest BCUT2D eigenvalue weighted by Gasteiger charge is 2.12. The van der Waals surface area contributed by atoms with Crippen LogP contribution in [0.1, 0.15) is 23.0 Å². The van der Waals surface area contributed by atoms with E-state index in [-0.39, 0.29) is 5.91 Å². The molecule has 1 heterocycles. The Kier molecular flexibility index (Phi) is 4.58. The largest absolute Gasteiger partial charge is 0.385 e. The summed E-state index contributed by atoms with van der Waals surface area (Å²) in [7, 11) is 0. The number of halogens is 1. The average molecular weight is 290 g/mol. The molecule has 20 heavy (non-hydrogen) atoms. The number of hydrogen-bond donors (Lipinski definition) is 2. The molecule has 0 bridgehead atoms. The molecule has 0 spiro atoms. The Morgan fingerprint density at radius 2 is 2.15 bits per heavy atom. The number of rotatable bonds is 4. The third-order valence-corrected chi connectivity index (χ3v) is 3.15. The Morgan fingerprint density at radius 1 is 1.35 bits per heavy atom. The van der Waals surface area contributed by atoms with Gasteiger partial charge in [-0.15, -0.1) is 0 Å². The minimum Gasteiger partial charge on any atom is -0.385 e. The Balaban J connectivity index is 2.22. The van der Waals surface area contributed by atoms with E-state index in [1.54, 1.807) is 18.3 Å². The van der Waals surface area contributed by atoms with Gasteiger partial charge in [-0.25, -0.2) is 0 Å². The summed E-state index contributed by atoms with van der Waals surface area (Å²) in [6, 6.07) is 9.01. The van der Waals surface area contributed by atoms with Crippen LogP contribution >= 0.6 is 11.6 Å². The summed E-state index contributed by atoms with van der Waals surface area (Å²) in [4.78, 5) is 16.3. The lowest BCUT2D eigenvalue weighted by molar-refractivity contribution is 0.102. The zero-order valence-corrected chi connectivity index (χ0v) is 12.2. The third-order valence-electron chi connectivity index (χ3n) is 2.83. The van der Waals surface area contributed by atoms with Crippen molar-refractivity contribution in [3.05, 3.63) is 52.8 Å². The number of nitrogens with zero attached hydrogens (tertiary/aromatic N) is 1. The monoisotopic (exact) mass is 289 g/mol. The van der Waals surface area contributed by atoms with Crippen LogP contribution in [0.15, 0.2) is 36.5 Å². The van der Waals surface area contributed by atoms with Crippen molar-refractivity contribution in [2.75, 3.05) is 17.2 Å². The van der Waals surface area contributed by atoms with Gasteiger partial charge in [0.1, 0.15) is 5.69 Å². The van der Waals surface area contributed by atoms with Gasteiger partial charge in [-0.2, -0.15) is 0 Å². The Morgan fingerprint density at radius 3 is 2.85 bits per heavy atom. The van der Waals surface area contributed by atoms with Crippen LogP contribution in [0.5, 0.6) is 0 Å². The van der Waals surface area contributed by atoms with Crippen molar-refractivity contribution in [1.29, 1.82) is 0 Å². The van der Waals surface area contributed by atoms with E-state index in [4.69, 9.17) is 11.6 Å². The molecule has 0 saturated carbocycles. The van der Waals surface area contributed by atoms with Crippen LogP contribution in [-0.4, -0.2) is 17.4 Å². The minimum atomic E-state index is -0.277. The normalized spacial score (nSPS) is 10.2. The summed E-state index contributed by atoms with van der Waals surface area (Å²) in [5.41, 5.74) is 2.75. The van der Waals surface area contributed by atoms with Gasteiger partial charge in [0.15, 0.2) is 0 Å². The lowest BCUT2D eigenvalue weighted by atomic mass is 10.2. The lowest BCUT2D eigenvalue weighted by Crippen LogP contribution is -2.15. The molecule has 1 aromatic heterocycles. The van der Waals surface area contributed by atoms with Crippen molar-refractivity contribution in [2.24, 2.45) is 0 Å². The van der Waals surface area contributed by atoms with Crippen LogP contribution < -0.4 is 10.6 Å². The number of aromatic nitrogens is 1. The molecule has 0 saturated heterocycles. The highest BCUT2D eigenvalue weighted by Crippen LogP contribution is 2.25. The number of para-hydroxylation sites is 1. The van der Waals surface area contributed by atoms with Gasteiger partial charge in [0.2, 0.25) is 0 Å². The smallest absolute Gasteiger partial charge is 0.274 e. The van der Waals surface area contributed by atoms with Crippen molar-refractivity contribution in [3.63, 3.8) is 0 Å². The van der Waals surface area contributed by atoms with Crippen LogP contribution in [0.25, 0.3) is 0 Å². The van der Waals surface area contributed by atoms with E-state index in [2.05, 4.69) is 15.6 Å². The molecule has 0 atom stereocenters. The number of carbonyl (C=O) groups is 1. The highest BCUT2D eigenvalue weighted by molar-refractivity contribution is 6.34. The SMILES string of the molecule is CCNc1ccnc(C(=O)Nc2c(C)cccc2Cl)c1. The molecule has 0 radical (unpaired) electrons. The standard InChI is InChI=1S/C15H16ClN3O/c1-3-17-11-7-8-18-13(9-11)15(20)19-14-10(2)5-4-6-12(14)16/h4-9H,3H2,1-2H3,(H,17,18)(H,19,20). The second-order valence-electron chi connectivity index (χ2n) is 4.35. The van der Waals surface area contributed by atoms with Gasteiger partial charge < -0.3 is 10.6 Å². The predicted octanol–water partition coefficient (Wildman–Crippen LogP) is 3.73. The maximum absolute atomic E-state index is 12.2. The summed E-state index contributed by atoms with van der Waals surface area (Å²) in [5, 5.41) is 6.46. The summed E-state index contributed by atoms with van der Waals surface area (Å²) in [5.74, 6) is -0.277. The number of aryl methyl sites for hydroxylation is 1. The quantitative estimate of drug-likeness (QED) is 0.902. The lowest BCUT2D eigenvalue weighted by Gasteiger charge is -2.10. The van der Waals surface area contributed by atoms with E-state index in [9.17, 15) is 4.79 Å². The van der Waals surface area contributed by atoms with Gasteiger partial charge in [-0.05, 0) is 37.6 Å². The maximum Gasteiger partial charge on any atom is 0.274 e. The van der Waals surface area contributed by atoms with Crippen molar-refractivity contribution < 1.29 is 4.79 Å². The summed E-state index contributed by atoms with van der Waals surface area (Å²) >= 11 is 6.09. The number of hydrogen-bond acceptors (Lipinski definition) is 3. The molecule has 1 aromatic carbocycles. The second-order valence-corrected chi connectivity index (χ2v) is 4.75. The molecule has 0 fully saturated rings. The molecule has 0 aliphatic rings. The van der Waals surface area contributed by atoms with E-state index < -0.39 is 0 Å². The number of carbonyl (C=O) groups excluding carboxylic acids is 1. The van der Waals surface area contributed by atoms with Gasteiger partial charge in [0.05, 0.1) is 10.7 Å². The zero-order valence-electron chi connectivity index (χ0n) is 11.4. The molecule has 2 rings (SSSR count). The van der Waals surface area contributed by atoms with E-state index in [0.29, 0.717) is 16.4 Å². The first-order valence-electron chi connectivity index (χ1n) is 6.38. The molecule has 0 aliphatic heterocycles. The van der Waals surface area contributed by atoms with Crippen LogP contribution in [0.3, 0.4) is 0 Å². The van der Waals surface area contributed by atoms with Crippen LogP contribution in [0, 0.1) is 6.92 Å². The number of benzene rings is 1. The molecule has 104 valence electrons. The second kappa shape index (κ2) is 6.39. The fourth-order valence-electron chi connectivity index (χ4n) is 1.84. The Hall–Kier alpha value is -2.07. The number of pyridine rings is 1. The first-order chi connectivity index (χ1) is 9.61. The molecule has 0 unspecified atom stereocenters. The summed E-state index contributed by atoms with van der Waals surface area (Å²) in [6.45, 7) is 4.67. The topological polar surface area (TPSA) is 54.0 Å². The molecular formula is C15H16ClN3O. The van der Waals surface area contributed by atoms with Gasteiger partial charge >= 0.3 is 0 Å². The third kappa shape index (κ3) is 3.27. The highest BCUT2D eigenvalue weighted by atomic mass is 35.5. The minimum absolute atomic E-state index is 0.277. The molecule has 2 aromatic rings. The molecular weight excluding hydrogens is 274 g/mol. The van der Waals surface area contributed by atoms with Crippen LogP contribution in [0.2, 0.25) is 5.02 Å². The van der Waals surface area contributed by atoms with E-state index in [1.807, 2.05) is 32.0 Å². The first kappa shape index (κ1) is 14.3. The maximum atomic E-state index is 12.2. The molecule has 0 aliphatic carbocycles. The van der Waals surface area contributed by atoms with Crippen LogP contribution in [-0.2, 0) is 0 Å². The van der Waals surface area contributed by atoms with Gasteiger partial charge in [0, 0.05) is 18.4 Å². The van der Waals surface area contributed by atoms with Gasteiger partial charge in [0.25, 0.3) is 5.91 Å². The van der Waals surface area contributed by atoms with E-state index >= 15 is 0 Å². The summed E-state index contributed by atoms with van der Waals surface area (Å²) < 4.78 is 0. The fourth-order valence-corrected chi connectivity index (χ4v) is 2.11. The number of anilines is 2. The molecule has 2 N–H and O–H groups in total. The molecule has 5 heteroatoms. The van der Waals surface area contributed by atoms with E-state index in [1.165, 1.54) is 0 Å². The zero-order chi connectivity index (χ0) is 14.5. The Bertz CT molecular complexity index is 608. The van der Waals surface area contributed by atoms with Crippen molar-refractivity contribution in [2.45, 2.75) is 13.8 Å². The summed E-state index contributed by atoms with van der Waals surface area (Å²) in [6.07, 6.45) is 1.60. The average Bonchev–Trinajstić information content (AvgIpc) is 2.43. The van der Waals surface area contributed by atoms with Crippen molar-refractivity contribution >= 4 is 28.9 Å². The Labute approximate surface area is 123 Å². The first-order valence-corrected chi connectivity index (χ1v) is 6.76. The van der Waals surface area contributed by atoms with Crippen LogP contribution in [0.4, 0.5) is 11.4 Å². The van der Waals surface area contributed by atoms with Crippen molar-refractivity contribution in [3.8, 4) is 0 Å². The van der Waals surface area contributed by atoms with Crippen molar-refractivity contribution in [1.82, 2.24) is 4.98 Å². The predicted molar refractivity (Wildman–Crippen MR) is 82.5 cm³/mol. The van der Waals surface area contributed by atoms with Gasteiger partial charge in [-0.3, -0.25) is 9.78 Å². The number of amides is 1.